The summed E-state index contributed by atoms with van der Waals surface area (Å²) < 4.78 is 6.41. The number of rotatable bonds is 4. The van der Waals surface area contributed by atoms with Crippen molar-refractivity contribution in [2.24, 2.45) is 11.8 Å². The minimum absolute atomic E-state index is 0.273. The summed E-state index contributed by atoms with van der Waals surface area (Å²) in [5.41, 5.74) is 15.5. The van der Waals surface area contributed by atoms with Crippen LogP contribution in [0.3, 0.4) is 0 Å². The van der Waals surface area contributed by atoms with Crippen LogP contribution in [0.15, 0.2) is 192 Å². The normalized spacial score (nSPS) is 22.7. The molecule has 0 saturated carbocycles. The zero-order valence-corrected chi connectivity index (χ0v) is 32.3. The highest BCUT2D eigenvalue weighted by Gasteiger charge is 2.55. The number of hydrogen-bond donors (Lipinski definition) is 0. The first kappa shape index (κ1) is 33.0. The molecule has 0 radical (unpaired) electrons. The lowest BCUT2D eigenvalue weighted by molar-refractivity contribution is 0.464. The summed E-state index contributed by atoms with van der Waals surface area (Å²) >= 11 is 0. The van der Waals surface area contributed by atoms with Crippen molar-refractivity contribution in [3.63, 3.8) is 0 Å². The molecule has 7 aromatic carbocycles. The van der Waals surface area contributed by atoms with Crippen LogP contribution in [0, 0.1) is 11.8 Å². The first-order valence-corrected chi connectivity index (χ1v) is 20.0. The van der Waals surface area contributed by atoms with E-state index in [1.807, 2.05) is 0 Å². The van der Waals surface area contributed by atoms with Crippen LogP contribution in [0.4, 0.5) is 11.4 Å². The second kappa shape index (κ2) is 12.1. The molecule has 2 nitrogen and oxygen atoms in total. The molecule has 4 unspecified atom stereocenters. The summed E-state index contributed by atoms with van der Waals surface area (Å²) in [4.78, 5) is 2.66. The van der Waals surface area contributed by atoms with Crippen molar-refractivity contribution in [1.29, 1.82) is 0 Å². The van der Waals surface area contributed by atoms with E-state index in [9.17, 15) is 0 Å². The van der Waals surface area contributed by atoms with Gasteiger partial charge in [-0.2, -0.15) is 0 Å². The fourth-order valence-corrected chi connectivity index (χ4v) is 10.8. The monoisotopic (exact) mass is 721 g/mol. The van der Waals surface area contributed by atoms with E-state index < -0.39 is 5.54 Å². The molecule has 1 aliphatic heterocycles. The molecule has 2 aliphatic carbocycles. The maximum atomic E-state index is 6.41. The molecule has 0 spiro atoms. The van der Waals surface area contributed by atoms with E-state index in [-0.39, 0.29) is 11.3 Å². The van der Waals surface area contributed by atoms with Gasteiger partial charge in [0.1, 0.15) is 11.2 Å². The van der Waals surface area contributed by atoms with Gasteiger partial charge in [-0.05, 0) is 106 Å². The average Bonchev–Trinajstić information content (AvgIpc) is 3.63. The maximum Gasteiger partial charge on any atom is 0.136 e. The van der Waals surface area contributed by atoms with E-state index in [1.165, 1.54) is 72.1 Å². The number of furan rings is 1. The van der Waals surface area contributed by atoms with Crippen molar-refractivity contribution in [2.45, 2.75) is 38.6 Å². The fraction of sp³-hybridized carbons (Fsp3) is 0.148. The van der Waals surface area contributed by atoms with Gasteiger partial charge < -0.3 is 9.32 Å². The summed E-state index contributed by atoms with van der Waals surface area (Å²) in [6.45, 7) is 9.76. The SMILES string of the molecule is CC1C=CC2(C)C3=C1C(C)C(c1ccccc1)=CC3(C)N(c1cccc(-c3cccc4ccc5oc6ccccc6c5c34)c1)c1ccc(-c3ccccc3)cc12. The van der Waals surface area contributed by atoms with Gasteiger partial charge in [0.25, 0.3) is 0 Å². The van der Waals surface area contributed by atoms with Crippen LogP contribution in [0.5, 0.6) is 0 Å². The molecule has 0 N–H and O–H groups in total. The van der Waals surface area contributed by atoms with Gasteiger partial charge >= 0.3 is 0 Å². The molecule has 2 heteroatoms. The Morgan fingerprint density at radius 2 is 1.32 bits per heavy atom. The van der Waals surface area contributed by atoms with Crippen LogP contribution in [0.2, 0.25) is 0 Å². The summed E-state index contributed by atoms with van der Waals surface area (Å²) in [6.07, 6.45) is 7.59. The molecular weight excluding hydrogens is 679 g/mol. The smallest absolute Gasteiger partial charge is 0.136 e. The number of para-hydroxylation sites is 1. The summed E-state index contributed by atoms with van der Waals surface area (Å²) in [6, 6.07) is 57.8. The Balaban J connectivity index is 1.19. The molecule has 0 saturated heterocycles. The summed E-state index contributed by atoms with van der Waals surface area (Å²) in [5, 5.41) is 4.76. The Hall–Kier alpha value is -6.38. The third-order valence-corrected chi connectivity index (χ3v) is 13.2. The van der Waals surface area contributed by atoms with E-state index in [1.54, 1.807) is 5.57 Å². The third-order valence-electron chi connectivity index (χ3n) is 13.2. The van der Waals surface area contributed by atoms with Crippen molar-refractivity contribution in [3.05, 3.63) is 198 Å². The molecule has 1 aromatic heterocycles. The van der Waals surface area contributed by atoms with Crippen molar-refractivity contribution in [2.75, 3.05) is 4.90 Å². The largest absolute Gasteiger partial charge is 0.456 e. The van der Waals surface area contributed by atoms with E-state index in [2.05, 4.69) is 209 Å². The van der Waals surface area contributed by atoms with Crippen LogP contribution in [0.25, 0.3) is 60.5 Å². The number of fused-ring (bicyclic) bond motifs is 7. The number of hydrogen-bond acceptors (Lipinski definition) is 2. The maximum absolute atomic E-state index is 6.41. The molecule has 8 aromatic rings. The highest BCUT2D eigenvalue weighted by atomic mass is 16.3. The van der Waals surface area contributed by atoms with Gasteiger partial charge in [-0.3, -0.25) is 0 Å². The highest BCUT2D eigenvalue weighted by molar-refractivity contribution is 6.22. The predicted molar refractivity (Wildman–Crippen MR) is 235 cm³/mol. The molecule has 0 bridgehead atoms. The molecule has 4 atom stereocenters. The number of benzene rings is 7. The van der Waals surface area contributed by atoms with Gasteiger partial charge in [0.2, 0.25) is 0 Å². The Bertz CT molecular complexity index is 2980. The zero-order valence-electron chi connectivity index (χ0n) is 32.3. The van der Waals surface area contributed by atoms with Gasteiger partial charge in [-0.1, -0.05) is 159 Å². The standard InChI is InChI=1S/C54H43NO/c1-34-29-30-53(3)45-32-39(36-15-7-5-8-16-36)25-27-46(45)55(54(4)33-44(35(2)49(34)52(53)54)37-17-9-6-10-18-37)41-21-13-20-40(31-41)42-23-14-19-38-26-28-48-51(50(38)42)43-22-11-12-24-47(43)56-48/h5-35H,1-4H3. The van der Waals surface area contributed by atoms with Crippen molar-refractivity contribution >= 4 is 49.7 Å². The Morgan fingerprint density at radius 3 is 2.14 bits per heavy atom. The molecule has 0 amide bonds. The van der Waals surface area contributed by atoms with Gasteiger partial charge in [0, 0.05) is 38.9 Å². The number of anilines is 2. The van der Waals surface area contributed by atoms with Gasteiger partial charge in [0.15, 0.2) is 0 Å². The molecule has 0 fully saturated rings. The fourth-order valence-electron chi connectivity index (χ4n) is 10.8. The predicted octanol–water partition coefficient (Wildman–Crippen LogP) is 14.5. The lowest BCUT2D eigenvalue weighted by Gasteiger charge is -2.59. The zero-order chi connectivity index (χ0) is 37.8. The Kier molecular flexibility index (Phi) is 7.11. The molecular formula is C54H43NO. The van der Waals surface area contributed by atoms with E-state index in [0.29, 0.717) is 5.92 Å². The summed E-state index contributed by atoms with van der Waals surface area (Å²) in [7, 11) is 0. The minimum atomic E-state index is -0.451. The lowest BCUT2D eigenvalue weighted by atomic mass is 9.54. The van der Waals surface area contributed by atoms with Crippen molar-refractivity contribution in [1.82, 2.24) is 0 Å². The van der Waals surface area contributed by atoms with Gasteiger partial charge in [0.05, 0.1) is 5.54 Å². The lowest BCUT2D eigenvalue weighted by Crippen LogP contribution is -2.56. The quantitative estimate of drug-likeness (QED) is 0.168. The first-order valence-electron chi connectivity index (χ1n) is 20.0. The molecule has 270 valence electrons. The Morgan fingerprint density at radius 1 is 0.589 bits per heavy atom. The van der Waals surface area contributed by atoms with Gasteiger partial charge in [-0.25, -0.2) is 0 Å². The Labute approximate surface area is 328 Å². The second-order valence-corrected chi connectivity index (χ2v) is 16.4. The van der Waals surface area contributed by atoms with Crippen LogP contribution < -0.4 is 4.90 Å². The third kappa shape index (κ3) is 4.62. The second-order valence-electron chi connectivity index (χ2n) is 16.4. The molecule has 2 heterocycles. The van der Waals surface area contributed by atoms with Crippen LogP contribution in [0.1, 0.15) is 38.8 Å². The van der Waals surface area contributed by atoms with Crippen molar-refractivity contribution < 1.29 is 4.42 Å². The molecule has 56 heavy (non-hydrogen) atoms. The highest BCUT2D eigenvalue weighted by Crippen LogP contribution is 2.62. The first-order chi connectivity index (χ1) is 27.3. The topological polar surface area (TPSA) is 16.4 Å². The van der Waals surface area contributed by atoms with Crippen LogP contribution >= 0.6 is 0 Å². The average molecular weight is 722 g/mol. The van der Waals surface area contributed by atoms with Crippen LogP contribution in [-0.4, -0.2) is 5.54 Å². The minimum Gasteiger partial charge on any atom is -0.456 e. The van der Waals surface area contributed by atoms with Crippen LogP contribution in [-0.2, 0) is 5.41 Å². The number of nitrogens with zero attached hydrogens (tertiary/aromatic N) is 1. The van der Waals surface area contributed by atoms with Crippen molar-refractivity contribution in [3.8, 4) is 22.3 Å². The van der Waals surface area contributed by atoms with E-state index in [0.717, 1.165) is 16.6 Å². The van der Waals surface area contributed by atoms with E-state index in [4.69, 9.17) is 4.42 Å². The number of allylic oxidation sites excluding steroid dienone is 4. The molecule has 3 aliphatic rings. The van der Waals surface area contributed by atoms with E-state index >= 15 is 0 Å². The van der Waals surface area contributed by atoms with Gasteiger partial charge in [-0.15, -0.1) is 0 Å². The molecule has 11 rings (SSSR count). The summed E-state index contributed by atoms with van der Waals surface area (Å²) in [5.74, 6) is 0.587.